The molecule has 6 heteroatoms. The van der Waals surface area contributed by atoms with Crippen LogP contribution < -0.4 is 0 Å². The minimum atomic E-state index is -2.11. The summed E-state index contributed by atoms with van der Waals surface area (Å²) < 4.78 is 15.1. The van der Waals surface area contributed by atoms with Gasteiger partial charge >= 0.3 is 17.7 Å². The van der Waals surface area contributed by atoms with Gasteiger partial charge in [-0.05, 0) is 17.1 Å². The van der Waals surface area contributed by atoms with Gasteiger partial charge in [0.15, 0.2) is 5.76 Å². The molecule has 0 atom stereocenters. The number of ketones is 1. The molecular formula is C15H20O6. The van der Waals surface area contributed by atoms with Crippen molar-refractivity contribution in [2.45, 2.75) is 40.4 Å². The molecule has 0 saturated heterocycles. The van der Waals surface area contributed by atoms with Crippen LogP contribution in [0.5, 0.6) is 0 Å². The lowest BCUT2D eigenvalue weighted by Crippen LogP contribution is -2.48. The summed E-state index contributed by atoms with van der Waals surface area (Å²) >= 11 is 0. The molecule has 1 rings (SSSR count). The Morgan fingerprint density at radius 1 is 1.10 bits per heavy atom. The molecule has 1 aliphatic rings. The minimum absolute atomic E-state index is 0.0371. The molecule has 0 spiro atoms. The van der Waals surface area contributed by atoms with Crippen LogP contribution in [0.1, 0.15) is 34.6 Å². The van der Waals surface area contributed by atoms with Crippen LogP contribution in [0.2, 0.25) is 0 Å². The zero-order chi connectivity index (χ0) is 16.4. The zero-order valence-corrected chi connectivity index (χ0v) is 13.1. The van der Waals surface area contributed by atoms with Gasteiger partial charge < -0.3 is 14.2 Å². The van der Waals surface area contributed by atoms with Crippen molar-refractivity contribution >= 4 is 17.7 Å². The lowest BCUT2D eigenvalue weighted by molar-refractivity contribution is -0.209. The third-order valence-electron chi connectivity index (χ3n) is 2.85. The van der Waals surface area contributed by atoms with Crippen molar-refractivity contribution in [3.63, 3.8) is 0 Å². The summed E-state index contributed by atoms with van der Waals surface area (Å²) in [7, 11) is 1.32. The second-order valence-corrected chi connectivity index (χ2v) is 5.75. The zero-order valence-electron chi connectivity index (χ0n) is 13.1. The molecule has 116 valence electrons. The molecule has 0 aromatic heterocycles. The van der Waals surface area contributed by atoms with Crippen LogP contribution in [-0.4, -0.2) is 30.6 Å². The fourth-order valence-corrected chi connectivity index (χ4v) is 1.87. The Balaban J connectivity index is 3.48. The lowest BCUT2D eigenvalue weighted by Gasteiger charge is -2.34. The standard InChI is InChI=1S/C15H20O6/c1-9(16)20-15(21-10(2)17)8-11(14(3,4)5)7-12(19-6)13(15)18/h7-8H,1-6H3. The van der Waals surface area contributed by atoms with Crippen LogP contribution in [0.25, 0.3) is 0 Å². The molecule has 0 aliphatic heterocycles. The molecule has 21 heavy (non-hydrogen) atoms. The maximum absolute atomic E-state index is 12.4. The molecule has 0 radical (unpaired) electrons. The number of esters is 2. The van der Waals surface area contributed by atoms with Crippen molar-refractivity contribution < 1.29 is 28.6 Å². The number of hydrogen-bond acceptors (Lipinski definition) is 6. The monoisotopic (exact) mass is 296 g/mol. The summed E-state index contributed by atoms with van der Waals surface area (Å²) in [5.74, 6) is -4.37. The Morgan fingerprint density at radius 2 is 1.57 bits per heavy atom. The summed E-state index contributed by atoms with van der Waals surface area (Å²) in [6, 6.07) is 0. The third kappa shape index (κ3) is 3.71. The van der Waals surface area contributed by atoms with Crippen molar-refractivity contribution in [3.8, 4) is 0 Å². The first kappa shape index (κ1) is 16.9. The quantitative estimate of drug-likeness (QED) is 0.584. The second-order valence-electron chi connectivity index (χ2n) is 5.75. The van der Waals surface area contributed by atoms with Gasteiger partial charge in [-0.25, -0.2) is 0 Å². The largest absolute Gasteiger partial charge is 0.493 e. The van der Waals surface area contributed by atoms with E-state index in [9.17, 15) is 14.4 Å². The SMILES string of the molecule is COC1=CC(C(C)(C)C)=CC(OC(C)=O)(OC(C)=O)C1=O. The number of hydrogen-bond donors (Lipinski definition) is 0. The lowest BCUT2D eigenvalue weighted by atomic mass is 9.81. The molecule has 0 heterocycles. The Morgan fingerprint density at radius 3 is 1.90 bits per heavy atom. The number of Topliss-reactive ketones (excluding diaryl/α,β-unsaturated/α-hetero) is 1. The molecule has 0 unspecified atom stereocenters. The average Bonchev–Trinajstić information content (AvgIpc) is 2.29. The van der Waals surface area contributed by atoms with Gasteiger partial charge in [0, 0.05) is 19.9 Å². The van der Waals surface area contributed by atoms with Crippen LogP contribution in [0.4, 0.5) is 0 Å². The number of rotatable bonds is 3. The molecule has 6 nitrogen and oxygen atoms in total. The predicted molar refractivity (Wildman–Crippen MR) is 73.9 cm³/mol. The van der Waals surface area contributed by atoms with E-state index in [2.05, 4.69) is 0 Å². The van der Waals surface area contributed by atoms with E-state index in [0.717, 1.165) is 13.8 Å². The van der Waals surface area contributed by atoms with Crippen LogP contribution in [0.15, 0.2) is 23.5 Å². The van der Waals surface area contributed by atoms with Gasteiger partial charge in [0.05, 0.1) is 7.11 Å². The summed E-state index contributed by atoms with van der Waals surface area (Å²) in [5.41, 5.74) is 0.289. The summed E-state index contributed by atoms with van der Waals surface area (Å²) in [4.78, 5) is 35.1. The Labute approximate surface area is 123 Å². The molecular weight excluding hydrogens is 276 g/mol. The Kier molecular flexibility index (Phi) is 4.61. The van der Waals surface area contributed by atoms with E-state index in [1.165, 1.54) is 13.2 Å². The highest BCUT2D eigenvalue weighted by Crippen LogP contribution is 2.36. The normalized spacial score (nSPS) is 17.5. The molecule has 1 aliphatic carbocycles. The number of methoxy groups -OCH3 is 1. The van der Waals surface area contributed by atoms with E-state index in [0.29, 0.717) is 5.57 Å². The summed E-state index contributed by atoms with van der Waals surface area (Å²) in [6.07, 6.45) is 2.90. The van der Waals surface area contributed by atoms with E-state index >= 15 is 0 Å². The highest BCUT2D eigenvalue weighted by atomic mass is 16.7. The predicted octanol–water partition coefficient (Wildman–Crippen LogP) is 1.89. The number of carbonyl (C=O) groups excluding carboxylic acids is 3. The number of ether oxygens (including phenoxy) is 3. The van der Waals surface area contributed by atoms with Crippen molar-refractivity contribution in [1.82, 2.24) is 0 Å². The van der Waals surface area contributed by atoms with Gasteiger partial charge in [0.2, 0.25) is 0 Å². The smallest absolute Gasteiger partial charge is 0.345 e. The first-order valence-corrected chi connectivity index (χ1v) is 6.45. The van der Waals surface area contributed by atoms with Crippen molar-refractivity contribution in [2.75, 3.05) is 7.11 Å². The van der Waals surface area contributed by atoms with Crippen LogP contribution in [0.3, 0.4) is 0 Å². The van der Waals surface area contributed by atoms with Gasteiger partial charge in [-0.3, -0.25) is 14.4 Å². The van der Waals surface area contributed by atoms with E-state index in [1.54, 1.807) is 6.08 Å². The fraction of sp³-hybridized carbons (Fsp3) is 0.533. The Hall–Kier alpha value is -2.11. The van der Waals surface area contributed by atoms with Crippen LogP contribution in [-0.2, 0) is 28.6 Å². The second kappa shape index (κ2) is 5.71. The molecule has 0 bridgehead atoms. The third-order valence-corrected chi connectivity index (χ3v) is 2.85. The van der Waals surface area contributed by atoms with Crippen LogP contribution in [0, 0.1) is 5.41 Å². The first-order chi connectivity index (χ1) is 9.51. The van der Waals surface area contributed by atoms with Gasteiger partial charge in [-0.1, -0.05) is 20.8 Å². The highest BCUT2D eigenvalue weighted by Gasteiger charge is 2.49. The van der Waals surface area contributed by atoms with E-state index in [-0.39, 0.29) is 11.2 Å². The summed E-state index contributed by atoms with van der Waals surface area (Å²) in [5, 5.41) is 0. The highest BCUT2D eigenvalue weighted by molar-refractivity contribution is 6.04. The van der Waals surface area contributed by atoms with E-state index in [1.807, 2.05) is 20.8 Å². The van der Waals surface area contributed by atoms with E-state index < -0.39 is 23.5 Å². The molecule has 0 aromatic carbocycles. The van der Waals surface area contributed by atoms with Gasteiger partial charge in [0.25, 0.3) is 5.78 Å². The average molecular weight is 296 g/mol. The number of carbonyl (C=O) groups is 3. The molecule has 0 amide bonds. The van der Waals surface area contributed by atoms with Crippen molar-refractivity contribution in [1.29, 1.82) is 0 Å². The van der Waals surface area contributed by atoms with Gasteiger partial charge in [-0.2, -0.15) is 0 Å². The van der Waals surface area contributed by atoms with Gasteiger partial charge in [-0.15, -0.1) is 0 Å². The van der Waals surface area contributed by atoms with E-state index in [4.69, 9.17) is 14.2 Å². The molecule has 0 N–H and O–H groups in total. The maximum Gasteiger partial charge on any atom is 0.345 e. The van der Waals surface area contributed by atoms with Crippen molar-refractivity contribution in [2.24, 2.45) is 5.41 Å². The van der Waals surface area contributed by atoms with Crippen LogP contribution >= 0.6 is 0 Å². The Bertz CT molecular complexity index is 517. The fourth-order valence-electron chi connectivity index (χ4n) is 1.87. The number of allylic oxidation sites excluding steroid dienone is 2. The molecule has 0 saturated carbocycles. The minimum Gasteiger partial charge on any atom is -0.493 e. The van der Waals surface area contributed by atoms with Crippen molar-refractivity contribution in [3.05, 3.63) is 23.5 Å². The van der Waals surface area contributed by atoms with Gasteiger partial charge in [0.1, 0.15) is 0 Å². The first-order valence-electron chi connectivity index (χ1n) is 6.45. The molecule has 0 aromatic rings. The maximum atomic E-state index is 12.4. The molecule has 0 fully saturated rings. The topological polar surface area (TPSA) is 78.9 Å². The summed E-state index contributed by atoms with van der Waals surface area (Å²) in [6.45, 7) is 7.99.